The smallest absolute Gasteiger partial charge is 0.317 e. The number of likely N-dealkylation sites (tertiary alicyclic amines) is 1. The largest absolute Gasteiger partial charge is 0.338 e. The molecule has 1 saturated heterocycles. The number of carbonyl (C=O) groups excluding carboxylic acids is 1. The van der Waals surface area contributed by atoms with Crippen molar-refractivity contribution in [2.24, 2.45) is 0 Å². The zero-order valence-electron chi connectivity index (χ0n) is 12.5. The molecule has 1 fully saturated rings. The molecule has 2 amide bonds. The Balaban J connectivity index is 2.44. The molecule has 1 aliphatic rings. The Morgan fingerprint density at radius 3 is 2.70 bits per heavy atom. The van der Waals surface area contributed by atoms with Crippen LogP contribution in [0.4, 0.5) is 4.79 Å². The van der Waals surface area contributed by atoms with E-state index in [1.54, 1.807) is 4.90 Å². The van der Waals surface area contributed by atoms with E-state index < -0.39 is 10.0 Å². The van der Waals surface area contributed by atoms with Crippen molar-refractivity contribution in [2.75, 3.05) is 25.9 Å². The molecular weight excluding hydrogens is 278 g/mol. The van der Waals surface area contributed by atoms with Gasteiger partial charge < -0.3 is 10.2 Å². The van der Waals surface area contributed by atoms with Gasteiger partial charge in [0.15, 0.2) is 0 Å². The fourth-order valence-corrected chi connectivity index (χ4v) is 2.89. The predicted octanol–water partition coefficient (Wildman–Crippen LogP) is 1.29. The highest BCUT2D eigenvalue weighted by molar-refractivity contribution is 7.88. The molecule has 1 rings (SSSR count). The van der Waals surface area contributed by atoms with Gasteiger partial charge in [0.25, 0.3) is 0 Å². The van der Waals surface area contributed by atoms with Crippen LogP contribution in [0.3, 0.4) is 0 Å². The highest BCUT2D eigenvalue weighted by Crippen LogP contribution is 2.16. The van der Waals surface area contributed by atoms with Crippen molar-refractivity contribution < 1.29 is 13.2 Å². The first-order valence-electron chi connectivity index (χ1n) is 7.43. The summed E-state index contributed by atoms with van der Waals surface area (Å²) in [6, 6.07) is -0.106. The van der Waals surface area contributed by atoms with Crippen molar-refractivity contribution in [1.82, 2.24) is 14.9 Å². The van der Waals surface area contributed by atoms with Gasteiger partial charge in [0.2, 0.25) is 10.0 Å². The van der Waals surface area contributed by atoms with E-state index in [0.717, 1.165) is 44.8 Å². The number of nitrogens with zero attached hydrogens (tertiary/aromatic N) is 1. The highest BCUT2D eigenvalue weighted by atomic mass is 32.2. The van der Waals surface area contributed by atoms with E-state index in [9.17, 15) is 13.2 Å². The minimum Gasteiger partial charge on any atom is -0.338 e. The number of amides is 2. The third-order valence-electron chi connectivity index (χ3n) is 3.53. The molecule has 7 heteroatoms. The number of rotatable bonds is 7. The van der Waals surface area contributed by atoms with Gasteiger partial charge in [0.1, 0.15) is 0 Å². The zero-order chi connectivity index (χ0) is 15.0. The summed E-state index contributed by atoms with van der Waals surface area (Å²) in [6.45, 7) is 3.83. The Morgan fingerprint density at radius 2 is 2.05 bits per heavy atom. The Labute approximate surface area is 122 Å². The first-order valence-corrected chi connectivity index (χ1v) is 9.32. The lowest BCUT2D eigenvalue weighted by molar-refractivity contribution is 0.152. The minimum atomic E-state index is -3.21. The molecule has 0 unspecified atom stereocenters. The second-order valence-corrected chi connectivity index (χ2v) is 7.24. The van der Waals surface area contributed by atoms with Crippen molar-refractivity contribution in [3.63, 3.8) is 0 Å². The number of piperidine rings is 1. The molecule has 0 aromatic heterocycles. The molecule has 20 heavy (non-hydrogen) atoms. The average Bonchev–Trinajstić information content (AvgIpc) is 2.40. The Bertz CT molecular complexity index is 398. The minimum absolute atomic E-state index is 0.0374. The maximum absolute atomic E-state index is 12.1. The molecular formula is C13H27N3O3S. The molecule has 1 atom stereocenters. The number of sulfonamides is 1. The SMILES string of the molecule is CCCCCNC(=O)N1CCCC[C@H]1CNS(C)(=O)=O. The monoisotopic (exact) mass is 305 g/mol. The molecule has 0 radical (unpaired) electrons. The first kappa shape index (κ1) is 17.2. The maximum atomic E-state index is 12.1. The Hall–Kier alpha value is -0.820. The quantitative estimate of drug-likeness (QED) is 0.696. The van der Waals surface area contributed by atoms with E-state index in [1.165, 1.54) is 0 Å². The molecule has 0 spiro atoms. The summed E-state index contributed by atoms with van der Waals surface area (Å²) < 4.78 is 24.8. The van der Waals surface area contributed by atoms with Gasteiger partial charge in [-0.2, -0.15) is 0 Å². The van der Waals surface area contributed by atoms with Crippen LogP contribution in [0.5, 0.6) is 0 Å². The molecule has 6 nitrogen and oxygen atoms in total. The van der Waals surface area contributed by atoms with Crippen LogP contribution in [-0.4, -0.2) is 51.3 Å². The van der Waals surface area contributed by atoms with Crippen molar-refractivity contribution in [3.05, 3.63) is 0 Å². The van der Waals surface area contributed by atoms with Crippen LogP contribution in [0.15, 0.2) is 0 Å². The van der Waals surface area contributed by atoms with Gasteiger partial charge in [0, 0.05) is 25.7 Å². The number of hydrogen-bond donors (Lipinski definition) is 2. The van der Waals surface area contributed by atoms with E-state index in [-0.39, 0.29) is 12.1 Å². The summed E-state index contributed by atoms with van der Waals surface area (Å²) in [5, 5.41) is 2.92. The second-order valence-electron chi connectivity index (χ2n) is 5.40. The molecule has 0 aromatic rings. The maximum Gasteiger partial charge on any atom is 0.317 e. The number of hydrogen-bond acceptors (Lipinski definition) is 3. The lowest BCUT2D eigenvalue weighted by Crippen LogP contribution is -2.52. The van der Waals surface area contributed by atoms with E-state index in [2.05, 4.69) is 17.0 Å². The van der Waals surface area contributed by atoms with Gasteiger partial charge in [0.05, 0.1) is 6.26 Å². The number of nitrogens with one attached hydrogen (secondary N) is 2. The van der Waals surface area contributed by atoms with Gasteiger partial charge >= 0.3 is 6.03 Å². The highest BCUT2D eigenvalue weighted by Gasteiger charge is 2.26. The molecule has 0 saturated carbocycles. The van der Waals surface area contributed by atoms with Crippen molar-refractivity contribution in [3.8, 4) is 0 Å². The summed E-state index contributed by atoms with van der Waals surface area (Å²) in [4.78, 5) is 13.9. The molecule has 0 aliphatic carbocycles. The molecule has 0 bridgehead atoms. The third kappa shape index (κ3) is 6.56. The lowest BCUT2D eigenvalue weighted by atomic mass is 10.0. The fraction of sp³-hybridized carbons (Fsp3) is 0.923. The van der Waals surface area contributed by atoms with Crippen molar-refractivity contribution in [2.45, 2.75) is 51.5 Å². The number of carbonyl (C=O) groups is 1. The first-order chi connectivity index (χ1) is 9.44. The summed E-state index contributed by atoms with van der Waals surface area (Å²) in [7, 11) is -3.21. The van der Waals surface area contributed by atoms with Crippen LogP contribution < -0.4 is 10.0 Å². The van der Waals surface area contributed by atoms with Gasteiger partial charge in [-0.05, 0) is 25.7 Å². The predicted molar refractivity (Wildman–Crippen MR) is 80.1 cm³/mol. The number of unbranched alkanes of at least 4 members (excludes halogenated alkanes) is 2. The zero-order valence-corrected chi connectivity index (χ0v) is 13.3. The fourth-order valence-electron chi connectivity index (χ4n) is 2.40. The van der Waals surface area contributed by atoms with E-state index >= 15 is 0 Å². The molecule has 118 valence electrons. The van der Waals surface area contributed by atoms with Crippen molar-refractivity contribution in [1.29, 1.82) is 0 Å². The van der Waals surface area contributed by atoms with Crippen LogP contribution >= 0.6 is 0 Å². The number of urea groups is 1. The topological polar surface area (TPSA) is 78.5 Å². The summed E-state index contributed by atoms with van der Waals surface area (Å²) in [5.41, 5.74) is 0. The lowest BCUT2D eigenvalue weighted by Gasteiger charge is -2.35. The van der Waals surface area contributed by atoms with Gasteiger partial charge in [-0.1, -0.05) is 19.8 Å². The van der Waals surface area contributed by atoms with Crippen LogP contribution in [-0.2, 0) is 10.0 Å². The van der Waals surface area contributed by atoms with E-state index in [4.69, 9.17) is 0 Å². The Kier molecular flexibility index (Phi) is 7.29. The average molecular weight is 305 g/mol. The van der Waals surface area contributed by atoms with Crippen LogP contribution in [0.1, 0.15) is 45.4 Å². The van der Waals surface area contributed by atoms with Gasteiger partial charge in [-0.25, -0.2) is 17.9 Å². The van der Waals surface area contributed by atoms with Crippen LogP contribution in [0.2, 0.25) is 0 Å². The van der Waals surface area contributed by atoms with Crippen LogP contribution in [0.25, 0.3) is 0 Å². The molecule has 1 heterocycles. The standard InChI is InChI=1S/C13H27N3O3S/c1-3-4-6-9-14-13(17)16-10-7-5-8-12(16)11-15-20(2,18)19/h12,15H,3-11H2,1-2H3,(H,14,17)/t12-/m0/s1. The molecule has 1 aliphatic heterocycles. The van der Waals surface area contributed by atoms with Gasteiger partial charge in [-0.3, -0.25) is 0 Å². The summed E-state index contributed by atoms with van der Waals surface area (Å²) in [5.74, 6) is 0. The van der Waals surface area contributed by atoms with E-state index in [1.807, 2.05) is 0 Å². The molecule has 2 N–H and O–H groups in total. The van der Waals surface area contributed by atoms with Gasteiger partial charge in [-0.15, -0.1) is 0 Å². The van der Waals surface area contributed by atoms with E-state index in [0.29, 0.717) is 19.6 Å². The summed E-state index contributed by atoms with van der Waals surface area (Å²) >= 11 is 0. The normalized spacial score (nSPS) is 19.9. The second kappa shape index (κ2) is 8.46. The molecule has 0 aromatic carbocycles. The Morgan fingerprint density at radius 1 is 1.30 bits per heavy atom. The summed E-state index contributed by atoms with van der Waals surface area (Å²) in [6.07, 6.45) is 7.24. The van der Waals surface area contributed by atoms with Crippen LogP contribution in [0, 0.1) is 0 Å². The van der Waals surface area contributed by atoms with Crippen molar-refractivity contribution >= 4 is 16.1 Å². The third-order valence-corrected chi connectivity index (χ3v) is 4.22.